The summed E-state index contributed by atoms with van der Waals surface area (Å²) in [6, 6.07) is -0.681. The van der Waals surface area contributed by atoms with E-state index in [2.05, 4.69) is 15.0 Å². The number of aliphatic hydroxyl groups is 3. The number of ether oxygens (including phenoxy) is 2. The highest BCUT2D eigenvalue weighted by Gasteiger charge is 2.48. The van der Waals surface area contributed by atoms with Gasteiger partial charge in [0.1, 0.15) is 29.8 Å². The number of nitrogens with zero attached hydrogens (tertiary/aromatic N) is 1. The number of amidine groups is 1. The lowest BCUT2D eigenvalue weighted by molar-refractivity contribution is -0.164. The molecule has 8 nitrogen and oxygen atoms in total. The Bertz CT molecular complexity index is 365. The zero-order valence-electron chi connectivity index (χ0n) is 9.52. The van der Waals surface area contributed by atoms with Gasteiger partial charge in [-0.3, -0.25) is 10.3 Å². The van der Waals surface area contributed by atoms with E-state index in [0.29, 0.717) is 0 Å². The number of rotatable bonds is 1. The molecule has 2 rings (SSSR count). The largest absolute Gasteiger partial charge is 0.453 e. The van der Waals surface area contributed by atoms with Gasteiger partial charge < -0.3 is 24.8 Å². The van der Waals surface area contributed by atoms with E-state index < -0.39 is 42.5 Å². The fourth-order valence-corrected chi connectivity index (χ4v) is 2.88. The summed E-state index contributed by atoms with van der Waals surface area (Å²) >= 11 is 1.10. The van der Waals surface area contributed by atoms with E-state index in [1.54, 1.807) is 0 Å². The van der Waals surface area contributed by atoms with Crippen molar-refractivity contribution in [3.05, 3.63) is 0 Å². The van der Waals surface area contributed by atoms with E-state index in [4.69, 9.17) is 9.84 Å². The van der Waals surface area contributed by atoms with Crippen molar-refractivity contribution in [3.63, 3.8) is 0 Å². The number of carbonyl (C=O) groups is 1. The number of fused-ring (bicyclic) bond motifs is 1. The summed E-state index contributed by atoms with van der Waals surface area (Å²) in [6.07, 6.45) is -3.89. The Kier molecular flexibility index (Phi) is 4.07. The molecule has 0 radical (unpaired) electrons. The van der Waals surface area contributed by atoms with Crippen molar-refractivity contribution in [1.29, 1.82) is 0 Å². The number of aliphatic imine (C=N–C) groups is 1. The minimum atomic E-state index is -1.21. The molecule has 4 N–H and O–H groups in total. The van der Waals surface area contributed by atoms with Crippen molar-refractivity contribution >= 4 is 23.0 Å². The van der Waals surface area contributed by atoms with Crippen molar-refractivity contribution in [3.8, 4) is 0 Å². The Balaban J connectivity index is 2.05. The first kappa shape index (κ1) is 13.6. The molecule has 0 spiro atoms. The molecule has 0 bridgehead atoms. The molecule has 0 aromatic carbocycles. The maximum Gasteiger partial charge on any atom is 0.412 e. The molecular formula is C9H14N2O6S. The maximum atomic E-state index is 11.0. The first-order valence-electron chi connectivity index (χ1n) is 5.28. The third-order valence-electron chi connectivity index (χ3n) is 2.74. The zero-order valence-corrected chi connectivity index (χ0v) is 10.3. The number of carbonyl (C=O) groups excluding carboxylic acids is 1. The highest BCUT2D eigenvalue weighted by atomic mass is 32.2. The lowest BCUT2D eigenvalue weighted by atomic mass is 9.99. The van der Waals surface area contributed by atoms with E-state index in [0.717, 1.165) is 11.8 Å². The van der Waals surface area contributed by atoms with Crippen LogP contribution in [0.25, 0.3) is 0 Å². The summed E-state index contributed by atoms with van der Waals surface area (Å²) in [6.45, 7) is -0.401. The second kappa shape index (κ2) is 5.41. The van der Waals surface area contributed by atoms with Gasteiger partial charge in [-0.15, -0.1) is 0 Å². The van der Waals surface area contributed by atoms with Crippen LogP contribution in [0, 0.1) is 0 Å². The molecule has 0 unspecified atom stereocenters. The van der Waals surface area contributed by atoms with Crippen LogP contribution in [0.15, 0.2) is 4.99 Å². The first-order valence-corrected chi connectivity index (χ1v) is 6.16. The molecule has 5 atom stereocenters. The standard InChI is InChI=1S/C9H14N2O6S/c1-16-9(15)11-8-10-4-6(14)5(13)3(2-12)17-7(4)18-8/h3-7,12-14H,2H2,1H3,(H,10,11,15)/t3-,4-,5-,6-,7-/m1/s1. The minimum Gasteiger partial charge on any atom is -0.453 e. The molecule has 0 aromatic rings. The minimum absolute atomic E-state index is 0.252. The van der Waals surface area contributed by atoms with Gasteiger partial charge in [-0.05, 0) is 0 Å². The molecular weight excluding hydrogens is 264 g/mol. The number of nitrogens with one attached hydrogen (secondary N) is 1. The fraction of sp³-hybridized carbons (Fsp3) is 0.778. The maximum absolute atomic E-state index is 11.0. The number of alkyl carbamates (subject to hydrolysis) is 1. The molecule has 0 saturated carbocycles. The SMILES string of the molecule is COC(=O)NC1=N[C@@H]2[C@@H](O)[C@H](O)[C@@H](CO)O[C@@H]2S1. The molecule has 102 valence electrons. The summed E-state index contributed by atoms with van der Waals surface area (Å²) in [5.74, 6) is 0. The molecule has 2 aliphatic rings. The van der Waals surface area contributed by atoms with Crippen LogP contribution in [0.3, 0.4) is 0 Å². The average molecular weight is 278 g/mol. The number of hydrogen-bond donors (Lipinski definition) is 4. The lowest BCUT2D eigenvalue weighted by Crippen LogP contribution is -2.55. The van der Waals surface area contributed by atoms with Crippen molar-refractivity contribution in [1.82, 2.24) is 5.32 Å². The fourth-order valence-electron chi connectivity index (χ4n) is 1.78. The number of methoxy groups -OCH3 is 1. The number of amides is 1. The van der Waals surface area contributed by atoms with Crippen molar-refractivity contribution in [2.75, 3.05) is 13.7 Å². The van der Waals surface area contributed by atoms with E-state index in [9.17, 15) is 15.0 Å². The van der Waals surface area contributed by atoms with Gasteiger partial charge in [-0.1, -0.05) is 11.8 Å². The van der Waals surface area contributed by atoms with Crippen molar-refractivity contribution in [2.45, 2.75) is 29.8 Å². The third kappa shape index (κ3) is 2.45. The van der Waals surface area contributed by atoms with Gasteiger partial charge >= 0.3 is 6.09 Å². The Morgan fingerprint density at radius 3 is 2.89 bits per heavy atom. The highest BCUT2D eigenvalue weighted by Crippen LogP contribution is 2.35. The van der Waals surface area contributed by atoms with E-state index in [1.165, 1.54) is 7.11 Å². The first-order chi connectivity index (χ1) is 8.56. The summed E-state index contributed by atoms with van der Waals surface area (Å²) in [5.41, 5.74) is -0.548. The Morgan fingerprint density at radius 1 is 1.56 bits per heavy atom. The normalized spacial score (nSPS) is 38.9. The van der Waals surface area contributed by atoms with Crippen LogP contribution in [0.2, 0.25) is 0 Å². The van der Waals surface area contributed by atoms with Crippen LogP contribution < -0.4 is 5.32 Å². The van der Waals surface area contributed by atoms with Gasteiger partial charge in [0.15, 0.2) is 5.17 Å². The van der Waals surface area contributed by atoms with E-state index >= 15 is 0 Å². The molecule has 2 aliphatic heterocycles. The van der Waals surface area contributed by atoms with Crippen LogP contribution in [-0.4, -0.2) is 70.1 Å². The quantitative estimate of drug-likeness (QED) is 0.449. The molecule has 0 aromatic heterocycles. The monoisotopic (exact) mass is 278 g/mol. The topological polar surface area (TPSA) is 121 Å². The van der Waals surface area contributed by atoms with E-state index in [-0.39, 0.29) is 5.17 Å². The molecule has 1 saturated heterocycles. The second-order valence-corrected chi connectivity index (χ2v) is 4.95. The van der Waals surface area contributed by atoms with Crippen LogP contribution in [0.4, 0.5) is 4.79 Å². The van der Waals surface area contributed by atoms with Crippen LogP contribution >= 0.6 is 11.8 Å². The molecule has 1 amide bonds. The highest BCUT2D eigenvalue weighted by molar-refractivity contribution is 8.14. The lowest BCUT2D eigenvalue weighted by Gasteiger charge is -2.37. The molecule has 18 heavy (non-hydrogen) atoms. The third-order valence-corrected chi connectivity index (χ3v) is 3.79. The number of hydrogen-bond acceptors (Lipinski definition) is 8. The summed E-state index contributed by atoms with van der Waals surface area (Å²) in [4.78, 5) is 15.1. The van der Waals surface area contributed by atoms with Crippen LogP contribution in [-0.2, 0) is 9.47 Å². The molecule has 1 fully saturated rings. The Labute approximate surface area is 107 Å². The smallest absolute Gasteiger partial charge is 0.412 e. The van der Waals surface area contributed by atoms with Gasteiger partial charge in [-0.25, -0.2) is 4.79 Å². The summed E-state index contributed by atoms with van der Waals surface area (Å²) in [7, 11) is 1.22. The van der Waals surface area contributed by atoms with Gasteiger partial charge in [0.25, 0.3) is 0 Å². The van der Waals surface area contributed by atoms with Gasteiger partial charge in [0, 0.05) is 0 Å². The number of thioether (sulfide) groups is 1. The van der Waals surface area contributed by atoms with Crippen molar-refractivity contribution in [2.24, 2.45) is 4.99 Å². The van der Waals surface area contributed by atoms with Gasteiger partial charge in [0.05, 0.1) is 13.7 Å². The summed E-state index contributed by atoms with van der Waals surface area (Å²) in [5, 5.41) is 31.2. The van der Waals surface area contributed by atoms with Crippen LogP contribution in [0.5, 0.6) is 0 Å². The predicted octanol–water partition coefficient (Wildman–Crippen LogP) is -1.75. The summed E-state index contributed by atoms with van der Waals surface area (Å²) < 4.78 is 9.80. The predicted molar refractivity (Wildman–Crippen MR) is 62.1 cm³/mol. The molecule has 2 heterocycles. The molecule has 9 heteroatoms. The van der Waals surface area contributed by atoms with Crippen molar-refractivity contribution < 1.29 is 29.6 Å². The van der Waals surface area contributed by atoms with E-state index in [1.807, 2.05) is 0 Å². The molecule has 0 aliphatic carbocycles. The Morgan fingerprint density at radius 2 is 2.28 bits per heavy atom. The second-order valence-electron chi connectivity index (χ2n) is 3.87. The zero-order chi connectivity index (χ0) is 13.3. The number of aliphatic hydroxyl groups excluding tert-OH is 3. The van der Waals surface area contributed by atoms with Gasteiger partial charge in [0.2, 0.25) is 0 Å². The van der Waals surface area contributed by atoms with Crippen LogP contribution in [0.1, 0.15) is 0 Å². The average Bonchev–Trinajstić information content (AvgIpc) is 2.76. The Hall–Kier alpha value is -0.870. The van der Waals surface area contributed by atoms with Gasteiger partial charge in [-0.2, -0.15) is 0 Å².